The summed E-state index contributed by atoms with van der Waals surface area (Å²) in [5.41, 5.74) is 7.92. The smallest absolute Gasteiger partial charge is 0.0337 e. The Morgan fingerprint density at radius 2 is 1.03 bits per heavy atom. The molecule has 0 aromatic heterocycles. The van der Waals surface area contributed by atoms with Crippen LogP contribution in [0.4, 0.5) is 5.69 Å². The summed E-state index contributed by atoms with van der Waals surface area (Å²) in [4.78, 5) is 0. The molecule has 3 aromatic carbocycles. The van der Waals surface area contributed by atoms with Crippen LogP contribution in [0.1, 0.15) is 73.8 Å². The molecule has 2 heteroatoms. The molecule has 4 rings (SSSR count). The maximum atomic E-state index is 3.25. The molecule has 0 aliphatic heterocycles. The number of rotatable bonds is 5. The fourth-order valence-corrected chi connectivity index (χ4v) is 4.22. The second kappa shape index (κ2) is 19.5. The topological polar surface area (TPSA) is 24.1 Å². The number of anilines is 1. The van der Waals surface area contributed by atoms with Gasteiger partial charge in [0.25, 0.3) is 0 Å². The van der Waals surface area contributed by atoms with Crippen molar-refractivity contribution in [2.45, 2.75) is 80.1 Å². The van der Waals surface area contributed by atoms with Crippen molar-refractivity contribution in [1.29, 1.82) is 0 Å². The Bertz CT molecular complexity index is 898. The molecule has 2 N–H and O–H groups in total. The van der Waals surface area contributed by atoms with Gasteiger partial charge in [-0.1, -0.05) is 116 Å². The van der Waals surface area contributed by atoms with Crippen molar-refractivity contribution in [3.05, 3.63) is 101 Å². The van der Waals surface area contributed by atoms with E-state index in [0.29, 0.717) is 0 Å². The maximum Gasteiger partial charge on any atom is 0.0337 e. The molecule has 1 saturated carbocycles. The molecule has 204 valence electrons. The standard InChI is InChI=1S/C10H14.C9H19N.C8H11N.C8H10/c1-3-4-10-7-5-9(2)6-8-10;1-8-3-5-9(6-4-8)7-10-2;1-7-3-5-8(9-2)6-4-7;1-7-3-5-8(2)6-4-7/h5-8H,3-4H2,1-2H3;8-10H,3-7H2,1-2H3;3-6,9H,1-2H3;3-6H,1-2H3. The zero-order chi connectivity index (χ0) is 27.5. The fourth-order valence-electron chi connectivity index (χ4n) is 4.22. The molecule has 0 bridgehead atoms. The van der Waals surface area contributed by atoms with Crippen molar-refractivity contribution in [2.24, 2.45) is 11.8 Å². The molecule has 0 saturated heterocycles. The van der Waals surface area contributed by atoms with Crippen LogP contribution in [-0.2, 0) is 6.42 Å². The third-order valence-corrected chi connectivity index (χ3v) is 6.85. The van der Waals surface area contributed by atoms with Crippen LogP contribution in [0.15, 0.2) is 72.8 Å². The second-order valence-corrected chi connectivity index (χ2v) is 10.7. The zero-order valence-electron chi connectivity index (χ0n) is 25.0. The molecule has 0 atom stereocenters. The molecule has 1 aliphatic carbocycles. The molecule has 37 heavy (non-hydrogen) atoms. The van der Waals surface area contributed by atoms with Crippen molar-refractivity contribution >= 4 is 5.69 Å². The van der Waals surface area contributed by atoms with Gasteiger partial charge in [0, 0.05) is 12.7 Å². The molecule has 1 fully saturated rings. The quantitative estimate of drug-likeness (QED) is 0.363. The lowest BCUT2D eigenvalue weighted by atomic mass is 9.83. The van der Waals surface area contributed by atoms with Gasteiger partial charge in [0.1, 0.15) is 0 Å². The highest BCUT2D eigenvalue weighted by atomic mass is 14.8. The number of hydrogen-bond donors (Lipinski definition) is 2. The zero-order valence-corrected chi connectivity index (χ0v) is 25.0. The number of nitrogens with one attached hydrogen (secondary N) is 2. The summed E-state index contributed by atoms with van der Waals surface area (Å²) in [7, 11) is 3.97. The van der Waals surface area contributed by atoms with Gasteiger partial charge in [0.15, 0.2) is 0 Å². The van der Waals surface area contributed by atoms with Crippen molar-refractivity contribution in [2.75, 3.05) is 26.0 Å². The first kappa shape index (κ1) is 32.4. The molecule has 2 nitrogen and oxygen atoms in total. The molecule has 3 aromatic rings. The third kappa shape index (κ3) is 16.0. The van der Waals surface area contributed by atoms with Gasteiger partial charge in [-0.3, -0.25) is 0 Å². The van der Waals surface area contributed by atoms with Crippen molar-refractivity contribution in [3.8, 4) is 0 Å². The van der Waals surface area contributed by atoms with Crippen LogP contribution in [0.2, 0.25) is 0 Å². The highest BCUT2D eigenvalue weighted by Crippen LogP contribution is 2.27. The van der Waals surface area contributed by atoms with E-state index in [-0.39, 0.29) is 0 Å². The van der Waals surface area contributed by atoms with Gasteiger partial charge >= 0.3 is 0 Å². The van der Waals surface area contributed by atoms with Gasteiger partial charge < -0.3 is 10.6 Å². The van der Waals surface area contributed by atoms with Gasteiger partial charge in [0.05, 0.1) is 0 Å². The summed E-state index contributed by atoms with van der Waals surface area (Å²) in [6, 6.07) is 25.5. The first-order chi connectivity index (χ1) is 17.8. The maximum absolute atomic E-state index is 3.25. The van der Waals surface area contributed by atoms with E-state index in [1.807, 2.05) is 7.05 Å². The number of benzene rings is 3. The highest BCUT2D eigenvalue weighted by molar-refractivity contribution is 5.43. The average Bonchev–Trinajstić information content (AvgIpc) is 2.90. The van der Waals surface area contributed by atoms with Crippen LogP contribution in [0.3, 0.4) is 0 Å². The third-order valence-electron chi connectivity index (χ3n) is 6.85. The Labute approximate surface area is 229 Å². The highest BCUT2D eigenvalue weighted by Gasteiger charge is 2.16. The van der Waals surface area contributed by atoms with E-state index in [9.17, 15) is 0 Å². The Balaban J connectivity index is 0.000000248. The van der Waals surface area contributed by atoms with Gasteiger partial charge in [0.2, 0.25) is 0 Å². The van der Waals surface area contributed by atoms with Gasteiger partial charge in [-0.2, -0.15) is 0 Å². The normalized spacial score (nSPS) is 16.1. The molecule has 0 unspecified atom stereocenters. The van der Waals surface area contributed by atoms with Crippen molar-refractivity contribution in [1.82, 2.24) is 5.32 Å². The second-order valence-electron chi connectivity index (χ2n) is 10.7. The summed E-state index contributed by atoms with van der Waals surface area (Å²) in [5.74, 6) is 1.97. The van der Waals surface area contributed by atoms with Crippen molar-refractivity contribution < 1.29 is 0 Å². The molecule has 0 radical (unpaired) electrons. The van der Waals surface area contributed by atoms with Gasteiger partial charge in [-0.15, -0.1) is 0 Å². The summed E-state index contributed by atoms with van der Waals surface area (Å²) in [6.45, 7) is 14.2. The Morgan fingerprint density at radius 3 is 1.41 bits per heavy atom. The molecular formula is C35H54N2. The van der Waals surface area contributed by atoms with E-state index in [0.717, 1.165) is 11.8 Å². The molecular weight excluding hydrogens is 448 g/mol. The van der Waals surface area contributed by atoms with E-state index in [1.165, 1.54) is 78.6 Å². The lowest BCUT2D eigenvalue weighted by Gasteiger charge is -2.25. The SMILES string of the molecule is CCCc1ccc(C)cc1.CNCC1CCC(C)CC1.CNc1ccc(C)cc1.Cc1ccc(C)cc1. The lowest BCUT2D eigenvalue weighted by Crippen LogP contribution is -2.22. The van der Waals surface area contributed by atoms with Gasteiger partial charge in [-0.25, -0.2) is 0 Å². The van der Waals surface area contributed by atoms with E-state index >= 15 is 0 Å². The molecule has 0 amide bonds. The monoisotopic (exact) mass is 502 g/mol. The largest absolute Gasteiger partial charge is 0.388 e. The Morgan fingerprint density at radius 1 is 0.622 bits per heavy atom. The van der Waals surface area contributed by atoms with E-state index in [4.69, 9.17) is 0 Å². The minimum absolute atomic E-state index is 0.973. The summed E-state index contributed by atoms with van der Waals surface area (Å²) in [5, 5.41) is 6.31. The van der Waals surface area contributed by atoms with Crippen molar-refractivity contribution in [3.63, 3.8) is 0 Å². The van der Waals surface area contributed by atoms with Crippen LogP contribution < -0.4 is 10.6 Å². The predicted octanol–water partition coefficient (Wildman–Crippen LogP) is 9.32. The molecule has 0 heterocycles. The van der Waals surface area contributed by atoms with Crippen LogP contribution in [0, 0.1) is 39.5 Å². The summed E-state index contributed by atoms with van der Waals surface area (Å²) in [6.07, 6.45) is 8.24. The van der Waals surface area contributed by atoms with E-state index < -0.39 is 0 Å². The minimum atomic E-state index is 0.973. The van der Waals surface area contributed by atoms with E-state index in [2.05, 4.69) is 132 Å². The molecule has 1 aliphatic rings. The Hall–Kier alpha value is -2.58. The minimum Gasteiger partial charge on any atom is -0.388 e. The first-order valence-electron chi connectivity index (χ1n) is 14.2. The van der Waals surface area contributed by atoms with Crippen LogP contribution in [0.5, 0.6) is 0 Å². The molecule has 0 spiro atoms. The van der Waals surface area contributed by atoms with Gasteiger partial charge in [-0.05, 0) is 90.1 Å². The Kier molecular flexibility index (Phi) is 17.1. The average molecular weight is 503 g/mol. The number of hydrogen-bond acceptors (Lipinski definition) is 2. The van der Waals surface area contributed by atoms with Crippen LogP contribution in [-0.4, -0.2) is 20.6 Å². The lowest BCUT2D eigenvalue weighted by molar-refractivity contribution is 0.286. The van der Waals surface area contributed by atoms with Crippen LogP contribution >= 0.6 is 0 Å². The summed E-state index contributed by atoms with van der Waals surface area (Å²) < 4.78 is 0. The first-order valence-corrected chi connectivity index (χ1v) is 14.2. The van der Waals surface area contributed by atoms with E-state index in [1.54, 1.807) is 0 Å². The summed E-state index contributed by atoms with van der Waals surface area (Å²) >= 11 is 0. The number of aryl methyl sites for hydroxylation is 5. The predicted molar refractivity (Wildman–Crippen MR) is 167 cm³/mol. The van der Waals surface area contributed by atoms with Crippen LogP contribution in [0.25, 0.3) is 0 Å². The fraction of sp³-hybridized carbons (Fsp3) is 0.486.